The molecule has 1 unspecified atom stereocenters. The minimum Gasteiger partial charge on any atom is -0.465 e. The van der Waals surface area contributed by atoms with Crippen molar-refractivity contribution in [3.05, 3.63) is 36.0 Å². The maximum absolute atomic E-state index is 11.1. The number of carbonyl (C=O) groups is 1. The molecule has 2 heterocycles. The standard InChI is InChI=1S/C12H11NO2/c14-12-5-8(7-15-12)10-6-13-11-4-2-1-3-9(10)11/h1-4,6,8,13H,5,7H2. The average Bonchev–Trinajstić information content (AvgIpc) is 2.83. The summed E-state index contributed by atoms with van der Waals surface area (Å²) in [6.07, 6.45) is 2.49. The summed E-state index contributed by atoms with van der Waals surface area (Å²) < 4.78 is 4.99. The van der Waals surface area contributed by atoms with Gasteiger partial charge in [0, 0.05) is 23.0 Å². The van der Waals surface area contributed by atoms with Crippen molar-refractivity contribution >= 4 is 16.9 Å². The van der Waals surface area contributed by atoms with Crippen molar-refractivity contribution in [1.29, 1.82) is 0 Å². The van der Waals surface area contributed by atoms with E-state index < -0.39 is 0 Å². The van der Waals surface area contributed by atoms with Crippen LogP contribution in [0.5, 0.6) is 0 Å². The van der Waals surface area contributed by atoms with Crippen molar-refractivity contribution in [2.45, 2.75) is 12.3 Å². The number of hydrogen-bond donors (Lipinski definition) is 1. The number of benzene rings is 1. The first kappa shape index (κ1) is 8.53. The SMILES string of the molecule is O=C1CC(c2c[nH]c3ccccc23)CO1. The van der Waals surface area contributed by atoms with E-state index in [0.29, 0.717) is 13.0 Å². The van der Waals surface area contributed by atoms with Crippen molar-refractivity contribution in [3.63, 3.8) is 0 Å². The van der Waals surface area contributed by atoms with Crippen LogP contribution in [-0.4, -0.2) is 17.6 Å². The van der Waals surface area contributed by atoms with Gasteiger partial charge in [0.05, 0.1) is 13.0 Å². The highest BCUT2D eigenvalue weighted by Gasteiger charge is 2.26. The third-order valence-corrected chi connectivity index (χ3v) is 2.92. The van der Waals surface area contributed by atoms with Gasteiger partial charge >= 0.3 is 5.97 Å². The van der Waals surface area contributed by atoms with Gasteiger partial charge in [0.2, 0.25) is 0 Å². The fourth-order valence-corrected chi connectivity index (χ4v) is 2.14. The zero-order chi connectivity index (χ0) is 10.3. The predicted molar refractivity (Wildman–Crippen MR) is 56.6 cm³/mol. The van der Waals surface area contributed by atoms with E-state index in [1.54, 1.807) is 0 Å². The highest BCUT2D eigenvalue weighted by molar-refractivity contribution is 5.85. The molecule has 0 radical (unpaired) electrons. The van der Waals surface area contributed by atoms with Crippen molar-refractivity contribution in [2.75, 3.05) is 6.61 Å². The number of rotatable bonds is 1. The Balaban J connectivity index is 2.07. The quantitative estimate of drug-likeness (QED) is 0.718. The fraction of sp³-hybridized carbons (Fsp3) is 0.250. The smallest absolute Gasteiger partial charge is 0.306 e. The first-order chi connectivity index (χ1) is 7.34. The zero-order valence-corrected chi connectivity index (χ0v) is 8.19. The van der Waals surface area contributed by atoms with Crippen molar-refractivity contribution in [2.24, 2.45) is 0 Å². The lowest BCUT2D eigenvalue weighted by atomic mass is 9.98. The number of H-pyrrole nitrogens is 1. The van der Waals surface area contributed by atoms with E-state index in [1.807, 2.05) is 24.4 Å². The first-order valence-corrected chi connectivity index (χ1v) is 5.06. The molecule has 0 aliphatic carbocycles. The van der Waals surface area contributed by atoms with E-state index in [1.165, 1.54) is 10.9 Å². The largest absolute Gasteiger partial charge is 0.465 e. The Morgan fingerprint density at radius 3 is 3.00 bits per heavy atom. The molecule has 15 heavy (non-hydrogen) atoms. The monoisotopic (exact) mass is 201 g/mol. The van der Waals surface area contributed by atoms with Crippen LogP contribution >= 0.6 is 0 Å². The van der Waals surface area contributed by atoms with Crippen molar-refractivity contribution in [1.82, 2.24) is 4.98 Å². The number of fused-ring (bicyclic) bond motifs is 1. The van der Waals surface area contributed by atoms with Gasteiger partial charge in [-0.05, 0) is 11.6 Å². The Kier molecular flexibility index (Phi) is 1.78. The molecule has 1 atom stereocenters. The number of aromatic nitrogens is 1. The Bertz CT molecular complexity index is 515. The van der Waals surface area contributed by atoms with E-state index in [2.05, 4.69) is 11.1 Å². The van der Waals surface area contributed by atoms with Crippen molar-refractivity contribution < 1.29 is 9.53 Å². The van der Waals surface area contributed by atoms with E-state index >= 15 is 0 Å². The van der Waals surface area contributed by atoms with E-state index in [4.69, 9.17) is 4.74 Å². The molecule has 1 fully saturated rings. The molecule has 3 rings (SSSR count). The third-order valence-electron chi connectivity index (χ3n) is 2.92. The summed E-state index contributed by atoms with van der Waals surface area (Å²) in [6.45, 7) is 0.515. The molecule has 1 aromatic heterocycles. The van der Waals surface area contributed by atoms with Crippen LogP contribution in [0.15, 0.2) is 30.5 Å². The summed E-state index contributed by atoms with van der Waals surface area (Å²) in [4.78, 5) is 14.3. The number of esters is 1. The van der Waals surface area contributed by atoms with Gasteiger partial charge in [0.25, 0.3) is 0 Å². The summed E-state index contributed by atoms with van der Waals surface area (Å²) in [5.41, 5.74) is 2.31. The molecule has 0 spiro atoms. The van der Waals surface area contributed by atoms with Gasteiger partial charge in [-0.3, -0.25) is 4.79 Å². The summed E-state index contributed by atoms with van der Waals surface area (Å²) in [7, 11) is 0. The van der Waals surface area contributed by atoms with Gasteiger partial charge in [-0.25, -0.2) is 0 Å². The lowest BCUT2D eigenvalue weighted by Gasteiger charge is -2.03. The van der Waals surface area contributed by atoms with Crippen LogP contribution in [0.4, 0.5) is 0 Å². The van der Waals surface area contributed by atoms with Gasteiger partial charge in [0.15, 0.2) is 0 Å². The topological polar surface area (TPSA) is 42.1 Å². The van der Waals surface area contributed by atoms with Gasteiger partial charge in [-0.1, -0.05) is 18.2 Å². The Hall–Kier alpha value is -1.77. The summed E-state index contributed by atoms with van der Waals surface area (Å²) in [5.74, 6) is 0.124. The predicted octanol–water partition coefficient (Wildman–Crippen LogP) is 2.20. The zero-order valence-electron chi connectivity index (χ0n) is 8.19. The molecule has 2 aromatic rings. The second-order valence-electron chi connectivity index (χ2n) is 3.87. The molecule has 1 N–H and O–H groups in total. The van der Waals surface area contributed by atoms with Crippen LogP contribution in [0.3, 0.4) is 0 Å². The number of para-hydroxylation sites is 1. The molecule has 0 bridgehead atoms. The maximum atomic E-state index is 11.1. The molecule has 76 valence electrons. The molecule has 3 heteroatoms. The van der Waals surface area contributed by atoms with Crippen LogP contribution in [0, 0.1) is 0 Å². The van der Waals surface area contributed by atoms with Gasteiger partial charge < -0.3 is 9.72 Å². The van der Waals surface area contributed by atoms with E-state index in [-0.39, 0.29) is 11.9 Å². The van der Waals surface area contributed by atoms with Gasteiger partial charge in [0.1, 0.15) is 0 Å². The molecule has 1 aromatic carbocycles. The van der Waals surface area contributed by atoms with Crippen molar-refractivity contribution in [3.8, 4) is 0 Å². The first-order valence-electron chi connectivity index (χ1n) is 5.06. The maximum Gasteiger partial charge on any atom is 0.306 e. The van der Waals surface area contributed by atoms with Gasteiger partial charge in [-0.2, -0.15) is 0 Å². The number of nitrogens with one attached hydrogen (secondary N) is 1. The number of aromatic amines is 1. The normalized spacial score (nSPS) is 20.8. The van der Waals surface area contributed by atoms with Gasteiger partial charge in [-0.15, -0.1) is 0 Å². The number of ether oxygens (including phenoxy) is 1. The molecule has 1 saturated heterocycles. The highest BCUT2D eigenvalue weighted by Crippen LogP contribution is 2.31. The van der Waals surface area contributed by atoms with Crippen LogP contribution in [0.25, 0.3) is 10.9 Å². The molecule has 3 nitrogen and oxygen atoms in total. The Morgan fingerprint density at radius 2 is 2.20 bits per heavy atom. The Morgan fingerprint density at radius 1 is 1.33 bits per heavy atom. The third kappa shape index (κ3) is 1.31. The van der Waals surface area contributed by atoms with E-state index in [0.717, 1.165) is 5.52 Å². The highest BCUT2D eigenvalue weighted by atomic mass is 16.5. The lowest BCUT2D eigenvalue weighted by Crippen LogP contribution is -1.95. The summed E-state index contributed by atoms with van der Waals surface area (Å²) >= 11 is 0. The van der Waals surface area contributed by atoms with Crippen LogP contribution in [0.1, 0.15) is 17.9 Å². The minimum absolute atomic E-state index is 0.0923. The molecule has 1 aliphatic heterocycles. The molecule has 0 saturated carbocycles. The number of cyclic esters (lactones) is 1. The van der Waals surface area contributed by atoms with Crippen LogP contribution < -0.4 is 0 Å². The average molecular weight is 201 g/mol. The lowest BCUT2D eigenvalue weighted by molar-refractivity contribution is -0.137. The number of carbonyl (C=O) groups excluding carboxylic acids is 1. The number of hydrogen-bond acceptors (Lipinski definition) is 2. The molecular weight excluding hydrogens is 190 g/mol. The second-order valence-corrected chi connectivity index (χ2v) is 3.87. The van der Waals surface area contributed by atoms with E-state index in [9.17, 15) is 4.79 Å². The fourth-order valence-electron chi connectivity index (χ4n) is 2.14. The molecular formula is C12H11NO2. The second kappa shape index (κ2) is 3.12. The molecule has 0 amide bonds. The minimum atomic E-state index is -0.0923. The van der Waals surface area contributed by atoms with Crippen LogP contribution in [-0.2, 0) is 9.53 Å². The summed E-state index contributed by atoms with van der Waals surface area (Å²) in [5, 5.41) is 1.20. The summed E-state index contributed by atoms with van der Waals surface area (Å²) in [6, 6.07) is 8.12. The van der Waals surface area contributed by atoms with Crippen LogP contribution in [0.2, 0.25) is 0 Å². The Labute approximate surface area is 87.1 Å². The molecule has 1 aliphatic rings.